The number of piperidine rings is 1. The van der Waals surface area contributed by atoms with E-state index in [1.54, 1.807) is 29.3 Å². The van der Waals surface area contributed by atoms with Gasteiger partial charge in [-0.25, -0.2) is 4.68 Å². The normalized spacial score (nSPS) is 16.8. The number of nitrogens with zero attached hydrogens (tertiary/aromatic N) is 4. The van der Waals surface area contributed by atoms with Gasteiger partial charge in [0.2, 0.25) is 0 Å². The van der Waals surface area contributed by atoms with E-state index < -0.39 is 0 Å². The average Bonchev–Trinajstić information content (AvgIpc) is 3.11. The number of halogens is 1. The molecule has 144 valence electrons. The molecule has 0 spiro atoms. The number of rotatable bonds is 4. The first-order valence-corrected chi connectivity index (χ1v) is 9.67. The van der Waals surface area contributed by atoms with Crippen LogP contribution in [0.25, 0.3) is 5.69 Å². The number of likely N-dealkylation sites (tertiary alicyclic amines) is 1. The van der Waals surface area contributed by atoms with Gasteiger partial charge < -0.3 is 9.64 Å². The van der Waals surface area contributed by atoms with Gasteiger partial charge in [-0.05, 0) is 31.9 Å². The molecule has 7 heteroatoms. The second-order valence-electron chi connectivity index (χ2n) is 6.83. The van der Waals surface area contributed by atoms with Crippen LogP contribution in [0.2, 0.25) is 5.02 Å². The molecule has 1 aliphatic rings. The van der Waals surface area contributed by atoms with Crippen LogP contribution in [0.15, 0.2) is 55.0 Å². The van der Waals surface area contributed by atoms with Crippen LogP contribution < -0.4 is 4.74 Å². The zero-order chi connectivity index (χ0) is 19.5. The summed E-state index contributed by atoms with van der Waals surface area (Å²) in [5, 5.41) is 4.89. The third-order valence-corrected chi connectivity index (χ3v) is 5.22. The molecular weight excluding hydrogens is 376 g/mol. The second-order valence-corrected chi connectivity index (χ2v) is 7.24. The average molecular weight is 397 g/mol. The van der Waals surface area contributed by atoms with E-state index in [1.807, 2.05) is 42.2 Å². The molecule has 1 aromatic carbocycles. The number of para-hydroxylation sites is 1. The molecule has 1 saturated heterocycles. The van der Waals surface area contributed by atoms with Gasteiger partial charge in [0, 0.05) is 25.0 Å². The minimum absolute atomic E-state index is 0.0196. The largest absolute Gasteiger partial charge is 0.487 e. The van der Waals surface area contributed by atoms with Gasteiger partial charge in [0.1, 0.15) is 16.9 Å². The molecule has 0 radical (unpaired) electrons. The smallest absolute Gasteiger partial charge is 0.257 e. The monoisotopic (exact) mass is 396 g/mol. The Labute approximate surface area is 168 Å². The Bertz CT molecular complexity index is 974. The summed E-state index contributed by atoms with van der Waals surface area (Å²) in [6, 6.07) is 11.5. The summed E-state index contributed by atoms with van der Waals surface area (Å²) in [4.78, 5) is 18.9. The number of hydrogen-bond donors (Lipinski definition) is 0. The number of amides is 1. The zero-order valence-electron chi connectivity index (χ0n) is 15.6. The van der Waals surface area contributed by atoms with E-state index in [0.29, 0.717) is 29.4 Å². The molecule has 0 saturated carbocycles. The molecule has 2 aromatic heterocycles. The Morgan fingerprint density at radius 2 is 2.04 bits per heavy atom. The number of ether oxygens (including phenoxy) is 1. The fourth-order valence-corrected chi connectivity index (χ4v) is 3.64. The standard InChI is InChI=1S/C21H21ClN4O2/c1-15-18(12-24-26(15)16-6-3-2-4-7-16)21(27)25-11-5-8-17(14-25)28-20-9-10-23-13-19(20)22/h2-4,6-7,9-10,12-13,17H,5,8,11,14H2,1H3/t17-/m0/s1. The van der Waals surface area contributed by atoms with Crippen molar-refractivity contribution in [2.24, 2.45) is 0 Å². The molecule has 0 unspecified atom stereocenters. The number of aromatic nitrogens is 3. The van der Waals surface area contributed by atoms with Crippen molar-refractivity contribution in [2.45, 2.75) is 25.9 Å². The van der Waals surface area contributed by atoms with Crippen LogP contribution in [0.3, 0.4) is 0 Å². The van der Waals surface area contributed by atoms with Gasteiger partial charge in [-0.1, -0.05) is 29.8 Å². The third-order valence-electron chi connectivity index (χ3n) is 4.94. The van der Waals surface area contributed by atoms with Crippen LogP contribution >= 0.6 is 11.6 Å². The Morgan fingerprint density at radius 1 is 1.21 bits per heavy atom. The number of benzene rings is 1. The molecule has 3 aromatic rings. The lowest BCUT2D eigenvalue weighted by Gasteiger charge is -2.33. The first-order chi connectivity index (χ1) is 13.6. The van der Waals surface area contributed by atoms with E-state index in [1.165, 1.54) is 0 Å². The van der Waals surface area contributed by atoms with Crippen LogP contribution in [0.4, 0.5) is 0 Å². The highest BCUT2D eigenvalue weighted by Crippen LogP contribution is 2.26. The summed E-state index contributed by atoms with van der Waals surface area (Å²) in [5.41, 5.74) is 2.38. The van der Waals surface area contributed by atoms with Gasteiger partial charge in [0.05, 0.1) is 29.7 Å². The molecule has 0 bridgehead atoms. The van der Waals surface area contributed by atoms with Gasteiger partial charge >= 0.3 is 0 Å². The van der Waals surface area contributed by atoms with Crippen LogP contribution in [-0.4, -0.2) is 44.8 Å². The molecule has 1 amide bonds. The van der Waals surface area contributed by atoms with Crippen molar-refractivity contribution in [3.63, 3.8) is 0 Å². The molecule has 4 rings (SSSR count). The minimum atomic E-state index is -0.0953. The second kappa shape index (κ2) is 8.02. The third kappa shape index (κ3) is 3.73. The summed E-state index contributed by atoms with van der Waals surface area (Å²) >= 11 is 6.14. The van der Waals surface area contributed by atoms with Gasteiger partial charge in [-0.15, -0.1) is 0 Å². The van der Waals surface area contributed by atoms with Crippen molar-refractivity contribution in [3.8, 4) is 11.4 Å². The Balaban J connectivity index is 1.49. The highest BCUT2D eigenvalue weighted by molar-refractivity contribution is 6.31. The fraction of sp³-hybridized carbons (Fsp3) is 0.286. The Morgan fingerprint density at radius 3 is 2.82 bits per heavy atom. The number of carbonyl (C=O) groups is 1. The number of hydrogen-bond acceptors (Lipinski definition) is 4. The SMILES string of the molecule is Cc1c(C(=O)N2CCC[C@H](Oc3ccncc3Cl)C2)cnn1-c1ccccc1. The number of pyridine rings is 1. The Kier molecular flexibility index (Phi) is 5.30. The molecule has 0 aliphatic carbocycles. The molecule has 1 atom stereocenters. The quantitative estimate of drug-likeness (QED) is 0.670. The van der Waals surface area contributed by atoms with Gasteiger partial charge in [0.15, 0.2) is 0 Å². The topological polar surface area (TPSA) is 60.3 Å². The maximum atomic E-state index is 13.1. The lowest BCUT2D eigenvalue weighted by molar-refractivity contribution is 0.0537. The summed E-state index contributed by atoms with van der Waals surface area (Å²) in [6.07, 6.45) is 6.52. The maximum absolute atomic E-state index is 13.1. The van der Waals surface area contributed by atoms with E-state index in [0.717, 1.165) is 24.2 Å². The minimum Gasteiger partial charge on any atom is -0.487 e. The zero-order valence-corrected chi connectivity index (χ0v) is 16.3. The molecule has 3 heterocycles. The van der Waals surface area contributed by atoms with Gasteiger partial charge in [0.25, 0.3) is 5.91 Å². The highest BCUT2D eigenvalue weighted by atomic mass is 35.5. The maximum Gasteiger partial charge on any atom is 0.257 e. The van der Waals surface area contributed by atoms with E-state index >= 15 is 0 Å². The predicted molar refractivity (Wildman–Crippen MR) is 107 cm³/mol. The lowest BCUT2D eigenvalue weighted by atomic mass is 10.1. The molecule has 6 nitrogen and oxygen atoms in total. The van der Waals surface area contributed by atoms with Crippen molar-refractivity contribution in [3.05, 3.63) is 71.3 Å². The highest BCUT2D eigenvalue weighted by Gasteiger charge is 2.28. The van der Waals surface area contributed by atoms with Crippen molar-refractivity contribution in [1.82, 2.24) is 19.7 Å². The van der Waals surface area contributed by atoms with E-state index in [-0.39, 0.29) is 12.0 Å². The molecule has 28 heavy (non-hydrogen) atoms. The first-order valence-electron chi connectivity index (χ1n) is 9.29. The van der Waals surface area contributed by atoms with Crippen molar-refractivity contribution < 1.29 is 9.53 Å². The van der Waals surface area contributed by atoms with E-state index in [2.05, 4.69) is 10.1 Å². The summed E-state index contributed by atoms with van der Waals surface area (Å²) in [5.74, 6) is 0.581. The summed E-state index contributed by atoms with van der Waals surface area (Å²) < 4.78 is 7.81. The van der Waals surface area contributed by atoms with E-state index in [4.69, 9.17) is 16.3 Å². The van der Waals surface area contributed by atoms with Crippen molar-refractivity contribution >= 4 is 17.5 Å². The van der Waals surface area contributed by atoms with Gasteiger partial charge in [-0.3, -0.25) is 9.78 Å². The van der Waals surface area contributed by atoms with Crippen molar-refractivity contribution in [2.75, 3.05) is 13.1 Å². The number of carbonyl (C=O) groups excluding carboxylic acids is 1. The molecule has 0 N–H and O–H groups in total. The summed E-state index contributed by atoms with van der Waals surface area (Å²) in [6.45, 7) is 3.15. The van der Waals surface area contributed by atoms with Crippen LogP contribution in [-0.2, 0) is 0 Å². The molecule has 1 aliphatic heterocycles. The first kappa shape index (κ1) is 18.5. The lowest BCUT2D eigenvalue weighted by Crippen LogP contribution is -2.44. The van der Waals surface area contributed by atoms with Crippen molar-refractivity contribution in [1.29, 1.82) is 0 Å². The van der Waals surface area contributed by atoms with Crippen LogP contribution in [0.5, 0.6) is 5.75 Å². The van der Waals surface area contributed by atoms with Crippen LogP contribution in [0, 0.1) is 6.92 Å². The fourth-order valence-electron chi connectivity index (χ4n) is 3.48. The molecule has 1 fully saturated rings. The predicted octanol–water partition coefficient (Wildman–Crippen LogP) is 3.91. The van der Waals surface area contributed by atoms with Crippen LogP contribution in [0.1, 0.15) is 28.9 Å². The summed E-state index contributed by atoms with van der Waals surface area (Å²) in [7, 11) is 0. The Hall–Kier alpha value is -2.86. The van der Waals surface area contributed by atoms with E-state index in [9.17, 15) is 4.79 Å². The molecular formula is C21H21ClN4O2. The van der Waals surface area contributed by atoms with Gasteiger partial charge in [-0.2, -0.15) is 5.10 Å².